The van der Waals surface area contributed by atoms with E-state index in [4.69, 9.17) is 0 Å². The SMILES string of the molecule is CCC(=O)N(CCC(C)N(C)C)c1cccs1.Cl. The van der Waals surface area contributed by atoms with Crippen LogP contribution < -0.4 is 4.90 Å². The van der Waals surface area contributed by atoms with Crippen LogP contribution in [0.3, 0.4) is 0 Å². The van der Waals surface area contributed by atoms with E-state index in [1.807, 2.05) is 29.3 Å². The summed E-state index contributed by atoms with van der Waals surface area (Å²) < 4.78 is 0. The van der Waals surface area contributed by atoms with E-state index in [0.29, 0.717) is 12.5 Å². The number of rotatable bonds is 6. The molecule has 104 valence electrons. The number of carbonyl (C=O) groups excluding carboxylic acids is 1. The molecule has 0 bridgehead atoms. The van der Waals surface area contributed by atoms with Crippen LogP contribution in [0.15, 0.2) is 17.5 Å². The summed E-state index contributed by atoms with van der Waals surface area (Å²) in [7, 11) is 4.14. The molecule has 0 saturated heterocycles. The third-order valence-corrected chi connectivity index (χ3v) is 3.92. The molecule has 1 aromatic heterocycles. The minimum Gasteiger partial charge on any atom is -0.307 e. The van der Waals surface area contributed by atoms with E-state index < -0.39 is 0 Å². The van der Waals surface area contributed by atoms with Gasteiger partial charge in [-0.1, -0.05) is 6.92 Å². The fourth-order valence-corrected chi connectivity index (χ4v) is 2.32. The fraction of sp³-hybridized carbons (Fsp3) is 0.615. The maximum absolute atomic E-state index is 11.9. The van der Waals surface area contributed by atoms with Gasteiger partial charge in [0.25, 0.3) is 0 Å². The third kappa shape index (κ3) is 4.96. The number of carbonyl (C=O) groups is 1. The Morgan fingerprint density at radius 2 is 2.11 bits per heavy atom. The molecular formula is C13H23ClN2OS. The Labute approximate surface area is 120 Å². The molecule has 3 nitrogen and oxygen atoms in total. The Bertz CT molecular complexity index is 341. The van der Waals surface area contributed by atoms with Gasteiger partial charge in [-0.05, 0) is 45.0 Å². The zero-order chi connectivity index (χ0) is 12.8. The predicted molar refractivity (Wildman–Crippen MR) is 82.0 cm³/mol. The summed E-state index contributed by atoms with van der Waals surface area (Å²) in [4.78, 5) is 16.0. The molecular weight excluding hydrogens is 268 g/mol. The van der Waals surface area contributed by atoms with Gasteiger partial charge in [0, 0.05) is 19.0 Å². The van der Waals surface area contributed by atoms with Crippen LogP contribution in [-0.2, 0) is 4.79 Å². The molecule has 1 amide bonds. The number of hydrogen-bond acceptors (Lipinski definition) is 3. The van der Waals surface area contributed by atoms with E-state index >= 15 is 0 Å². The van der Waals surface area contributed by atoms with Crippen molar-refractivity contribution in [2.24, 2.45) is 0 Å². The zero-order valence-electron chi connectivity index (χ0n) is 11.5. The Balaban J connectivity index is 0.00000289. The molecule has 0 fully saturated rings. The average molecular weight is 291 g/mol. The van der Waals surface area contributed by atoms with Crippen LogP contribution >= 0.6 is 23.7 Å². The van der Waals surface area contributed by atoms with E-state index in [2.05, 4.69) is 25.9 Å². The summed E-state index contributed by atoms with van der Waals surface area (Å²) in [6, 6.07) is 4.49. The summed E-state index contributed by atoms with van der Waals surface area (Å²) in [6.07, 6.45) is 1.56. The second kappa shape index (κ2) is 8.51. The van der Waals surface area contributed by atoms with Crippen molar-refractivity contribution in [1.29, 1.82) is 0 Å². The molecule has 1 rings (SSSR count). The van der Waals surface area contributed by atoms with Gasteiger partial charge in [0.15, 0.2) is 0 Å². The summed E-state index contributed by atoms with van der Waals surface area (Å²) in [5, 5.41) is 3.07. The van der Waals surface area contributed by atoms with Gasteiger partial charge in [-0.3, -0.25) is 4.79 Å². The smallest absolute Gasteiger partial charge is 0.227 e. The van der Waals surface area contributed by atoms with Gasteiger partial charge in [-0.25, -0.2) is 0 Å². The van der Waals surface area contributed by atoms with Crippen molar-refractivity contribution in [3.8, 4) is 0 Å². The van der Waals surface area contributed by atoms with Crippen molar-refractivity contribution in [3.63, 3.8) is 0 Å². The van der Waals surface area contributed by atoms with Crippen molar-refractivity contribution in [3.05, 3.63) is 17.5 Å². The first-order valence-electron chi connectivity index (χ1n) is 6.06. The van der Waals surface area contributed by atoms with Crippen LogP contribution in [-0.4, -0.2) is 37.5 Å². The molecule has 0 radical (unpaired) electrons. The molecule has 18 heavy (non-hydrogen) atoms. The highest BCUT2D eigenvalue weighted by molar-refractivity contribution is 7.14. The van der Waals surface area contributed by atoms with E-state index in [-0.39, 0.29) is 18.3 Å². The molecule has 1 aromatic rings. The van der Waals surface area contributed by atoms with Gasteiger partial charge in [-0.2, -0.15) is 0 Å². The Hall–Kier alpha value is -0.580. The highest BCUT2D eigenvalue weighted by Crippen LogP contribution is 2.22. The van der Waals surface area contributed by atoms with Crippen molar-refractivity contribution in [1.82, 2.24) is 4.90 Å². The molecule has 0 aliphatic rings. The topological polar surface area (TPSA) is 23.6 Å². The average Bonchev–Trinajstić information content (AvgIpc) is 2.82. The van der Waals surface area contributed by atoms with E-state index in [1.54, 1.807) is 11.3 Å². The van der Waals surface area contributed by atoms with E-state index in [9.17, 15) is 4.79 Å². The molecule has 1 unspecified atom stereocenters. The lowest BCUT2D eigenvalue weighted by Gasteiger charge is -2.25. The van der Waals surface area contributed by atoms with Gasteiger partial charge >= 0.3 is 0 Å². The summed E-state index contributed by atoms with van der Waals surface area (Å²) in [6.45, 7) is 4.90. The summed E-state index contributed by atoms with van der Waals surface area (Å²) >= 11 is 1.63. The lowest BCUT2D eigenvalue weighted by Crippen LogP contribution is -2.35. The van der Waals surface area contributed by atoms with Crippen LogP contribution in [0, 0.1) is 0 Å². The van der Waals surface area contributed by atoms with Crippen molar-refractivity contribution >= 4 is 34.7 Å². The normalized spacial score (nSPS) is 12.1. The minimum atomic E-state index is 0. The molecule has 1 atom stereocenters. The number of anilines is 1. The minimum absolute atomic E-state index is 0. The number of hydrogen-bond donors (Lipinski definition) is 0. The van der Waals surface area contributed by atoms with Crippen molar-refractivity contribution < 1.29 is 4.79 Å². The molecule has 1 heterocycles. The Morgan fingerprint density at radius 3 is 2.56 bits per heavy atom. The van der Waals surface area contributed by atoms with Crippen LogP contribution in [0.1, 0.15) is 26.7 Å². The lowest BCUT2D eigenvalue weighted by molar-refractivity contribution is -0.118. The van der Waals surface area contributed by atoms with E-state index in [1.165, 1.54) is 0 Å². The second-order valence-electron chi connectivity index (χ2n) is 4.45. The standard InChI is InChI=1S/C13H22N2OS.ClH/c1-5-12(16)15(13-7-6-10-17-13)9-8-11(2)14(3)4;/h6-7,10-11H,5,8-9H2,1-4H3;1H. The van der Waals surface area contributed by atoms with Gasteiger partial charge < -0.3 is 9.80 Å². The largest absolute Gasteiger partial charge is 0.307 e. The maximum Gasteiger partial charge on any atom is 0.227 e. The Kier molecular flexibility index (Phi) is 8.24. The molecule has 0 saturated carbocycles. The Morgan fingerprint density at radius 1 is 1.44 bits per heavy atom. The van der Waals surface area contributed by atoms with Crippen molar-refractivity contribution in [2.75, 3.05) is 25.5 Å². The number of halogens is 1. The molecule has 0 spiro atoms. The maximum atomic E-state index is 11.9. The van der Waals surface area contributed by atoms with Gasteiger partial charge in [0.2, 0.25) is 5.91 Å². The highest BCUT2D eigenvalue weighted by atomic mass is 35.5. The summed E-state index contributed by atoms with van der Waals surface area (Å²) in [5.41, 5.74) is 0. The van der Waals surface area contributed by atoms with Crippen LogP contribution in [0.4, 0.5) is 5.00 Å². The van der Waals surface area contributed by atoms with Crippen LogP contribution in [0.2, 0.25) is 0 Å². The van der Waals surface area contributed by atoms with Gasteiger partial charge in [-0.15, -0.1) is 23.7 Å². The van der Waals surface area contributed by atoms with Crippen LogP contribution in [0.5, 0.6) is 0 Å². The first-order valence-corrected chi connectivity index (χ1v) is 6.94. The molecule has 0 aliphatic carbocycles. The monoisotopic (exact) mass is 290 g/mol. The first kappa shape index (κ1) is 17.4. The second-order valence-corrected chi connectivity index (χ2v) is 5.38. The number of amides is 1. The number of thiophene rings is 1. The molecule has 0 N–H and O–H groups in total. The number of nitrogens with zero attached hydrogens (tertiary/aromatic N) is 2. The third-order valence-electron chi connectivity index (χ3n) is 3.03. The quantitative estimate of drug-likeness (QED) is 0.803. The zero-order valence-corrected chi connectivity index (χ0v) is 13.2. The highest BCUT2D eigenvalue weighted by Gasteiger charge is 2.16. The lowest BCUT2D eigenvalue weighted by atomic mass is 10.2. The summed E-state index contributed by atoms with van der Waals surface area (Å²) in [5.74, 6) is 0.207. The van der Waals surface area contributed by atoms with Crippen LogP contribution in [0.25, 0.3) is 0 Å². The van der Waals surface area contributed by atoms with Gasteiger partial charge in [0.05, 0.1) is 5.00 Å². The van der Waals surface area contributed by atoms with Gasteiger partial charge in [0.1, 0.15) is 0 Å². The first-order chi connectivity index (χ1) is 8.06. The van der Waals surface area contributed by atoms with Crippen molar-refractivity contribution in [2.45, 2.75) is 32.7 Å². The predicted octanol–water partition coefficient (Wildman–Crippen LogP) is 3.25. The van der Waals surface area contributed by atoms with E-state index in [0.717, 1.165) is 18.0 Å². The fourth-order valence-electron chi connectivity index (χ4n) is 1.55. The molecule has 0 aliphatic heterocycles. The molecule has 5 heteroatoms. The molecule has 0 aromatic carbocycles.